The van der Waals surface area contributed by atoms with Crippen LogP contribution in [0.25, 0.3) is 21.2 Å². The maximum atomic E-state index is 13.1. The van der Waals surface area contributed by atoms with Crippen LogP contribution in [0, 0.1) is 12.7 Å². The predicted molar refractivity (Wildman–Crippen MR) is 94.7 cm³/mol. The third-order valence-corrected chi connectivity index (χ3v) is 5.63. The molecule has 0 atom stereocenters. The predicted octanol–water partition coefficient (Wildman–Crippen LogP) is 4.67. The SMILES string of the molecule is Cc1cc(-c2nc(C3(N)CCC3)no2)sc1-c1ccc(F)cc1.Cl. The van der Waals surface area contributed by atoms with Crippen molar-refractivity contribution in [1.29, 1.82) is 0 Å². The number of rotatable bonds is 3. The smallest absolute Gasteiger partial charge is 0.268 e. The van der Waals surface area contributed by atoms with E-state index in [1.54, 1.807) is 23.5 Å². The molecule has 2 heterocycles. The van der Waals surface area contributed by atoms with Crippen LogP contribution in [0.5, 0.6) is 0 Å². The Hall–Kier alpha value is -1.76. The number of aromatic nitrogens is 2. The Morgan fingerprint density at radius 1 is 1.25 bits per heavy atom. The van der Waals surface area contributed by atoms with Gasteiger partial charge >= 0.3 is 0 Å². The molecule has 1 saturated carbocycles. The maximum absolute atomic E-state index is 13.1. The van der Waals surface area contributed by atoms with Gasteiger partial charge in [-0.25, -0.2) is 4.39 Å². The maximum Gasteiger partial charge on any atom is 0.268 e. The Morgan fingerprint density at radius 3 is 2.58 bits per heavy atom. The minimum Gasteiger partial charge on any atom is -0.333 e. The fraction of sp³-hybridized carbons (Fsp3) is 0.294. The van der Waals surface area contributed by atoms with Gasteiger partial charge in [0.15, 0.2) is 5.82 Å². The molecular formula is C17H17ClFN3OS. The van der Waals surface area contributed by atoms with Gasteiger partial charge in [-0.15, -0.1) is 23.7 Å². The van der Waals surface area contributed by atoms with Gasteiger partial charge in [-0.1, -0.05) is 17.3 Å². The third kappa shape index (κ3) is 2.85. The number of nitrogens with two attached hydrogens (primary N) is 1. The van der Waals surface area contributed by atoms with E-state index in [2.05, 4.69) is 10.1 Å². The first-order valence-corrected chi connectivity index (χ1v) is 8.37. The van der Waals surface area contributed by atoms with Crippen LogP contribution in [0.2, 0.25) is 0 Å². The average molecular weight is 366 g/mol. The molecule has 0 aliphatic heterocycles. The molecule has 3 aromatic rings. The lowest BCUT2D eigenvalue weighted by Crippen LogP contribution is -2.44. The van der Waals surface area contributed by atoms with E-state index in [-0.39, 0.29) is 18.2 Å². The van der Waals surface area contributed by atoms with Gasteiger partial charge in [0, 0.05) is 4.88 Å². The van der Waals surface area contributed by atoms with Crippen LogP contribution in [-0.4, -0.2) is 10.1 Å². The summed E-state index contributed by atoms with van der Waals surface area (Å²) < 4.78 is 18.5. The standard InChI is InChI=1S/C17H16FN3OS.ClH/c1-10-9-13(23-14(10)11-3-5-12(18)6-4-11)15-20-16(21-22-15)17(19)7-2-8-17;/h3-6,9H,2,7-8,19H2,1H3;1H. The van der Waals surface area contributed by atoms with E-state index in [0.717, 1.165) is 40.1 Å². The van der Waals surface area contributed by atoms with Gasteiger partial charge in [-0.2, -0.15) is 4.98 Å². The summed E-state index contributed by atoms with van der Waals surface area (Å²) in [5.74, 6) is 0.852. The lowest BCUT2D eigenvalue weighted by molar-refractivity contribution is 0.229. The van der Waals surface area contributed by atoms with E-state index >= 15 is 0 Å². The molecular weight excluding hydrogens is 349 g/mol. The van der Waals surface area contributed by atoms with Crippen molar-refractivity contribution in [2.75, 3.05) is 0 Å². The summed E-state index contributed by atoms with van der Waals surface area (Å²) in [7, 11) is 0. The van der Waals surface area contributed by atoms with E-state index in [9.17, 15) is 4.39 Å². The van der Waals surface area contributed by atoms with Gasteiger partial charge in [-0.05, 0) is 55.5 Å². The zero-order valence-corrected chi connectivity index (χ0v) is 14.7. The second-order valence-electron chi connectivity index (χ2n) is 6.06. The Morgan fingerprint density at radius 2 is 1.96 bits per heavy atom. The number of thiophene rings is 1. The van der Waals surface area contributed by atoms with Crippen LogP contribution in [0.1, 0.15) is 30.7 Å². The van der Waals surface area contributed by atoms with E-state index in [0.29, 0.717) is 11.7 Å². The first-order valence-electron chi connectivity index (χ1n) is 7.55. The lowest BCUT2D eigenvalue weighted by atomic mass is 9.77. The molecule has 0 amide bonds. The number of benzene rings is 1. The average Bonchev–Trinajstić information content (AvgIpc) is 3.13. The number of halogens is 2. The molecule has 0 spiro atoms. The van der Waals surface area contributed by atoms with E-state index < -0.39 is 5.54 Å². The molecule has 4 nitrogen and oxygen atoms in total. The van der Waals surface area contributed by atoms with Gasteiger partial charge in [0.25, 0.3) is 5.89 Å². The highest BCUT2D eigenvalue weighted by Crippen LogP contribution is 2.40. The second-order valence-corrected chi connectivity index (χ2v) is 7.11. The van der Waals surface area contributed by atoms with Crippen molar-refractivity contribution in [1.82, 2.24) is 10.1 Å². The summed E-state index contributed by atoms with van der Waals surface area (Å²) in [5.41, 5.74) is 7.90. The van der Waals surface area contributed by atoms with Gasteiger partial charge in [0.2, 0.25) is 0 Å². The van der Waals surface area contributed by atoms with E-state index in [1.165, 1.54) is 12.1 Å². The van der Waals surface area contributed by atoms with Crippen molar-refractivity contribution >= 4 is 23.7 Å². The summed E-state index contributed by atoms with van der Waals surface area (Å²) in [5, 5.41) is 4.06. The van der Waals surface area contributed by atoms with Crippen molar-refractivity contribution in [2.45, 2.75) is 31.7 Å². The quantitative estimate of drug-likeness (QED) is 0.732. The van der Waals surface area contributed by atoms with Gasteiger partial charge in [0.1, 0.15) is 5.82 Å². The van der Waals surface area contributed by atoms with Crippen LogP contribution in [0.4, 0.5) is 4.39 Å². The summed E-state index contributed by atoms with van der Waals surface area (Å²) in [4.78, 5) is 6.47. The van der Waals surface area contributed by atoms with Gasteiger partial charge < -0.3 is 10.3 Å². The largest absolute Gasteiger partial charge is 0.333 e. The van der Waals surface area contributed by atoms with Crippen LogP contribution >= 0.6 is 23.7 Å². The fourth-order valence-electron chi connectivity index (χ4n) is 2.78. The highest BCUT2D eigenvalue weighted by molar-refractivity contribution is 7.19. The normalized spacial score (nSPS) is 15.6. The molecule has 1 aliphatic carbocycles. The minimum absolute atomic E-state index is 0. The molecule has 126 valence electrons. The fourth-order valence-corrected chi connectivity index (χ4v) is 3.88. The molecule has 1 fully saturated rings. The molecule has 2 aromatic heterocycles. The number of aryl methyl sites for hydroxylation is 1. The Balaban J connectivity index is 0.00000169. The summed E-state index contributed by atoms with van der Waals surface area (Å²) in [6.45, 7) is 2.02. The second kappa shape index (κ2) is 6.27. The van der Waals surface area contributed by atoms with E-state index in [4.69, 9.17) is 10.3 Å². The Kier molecular flexibility index (Phi) is 4.46. The highest BCUT2D eigenvalue weighted by Gasteiger charge is 2.39. The molecule has 0 bridgehead atoms. The molecule has 1 aromatic carbocycles. The van der Waals surface area contributed by atoms with Crippen LogP contribution in [-0.2, 0) is 5.54 Å². The highest BCUT2D eigenvalue weighted by atomic mass is 35.5. The number of nitrogens with zero attached hydrogens (tertiary/aromatic N) is 2. The summed E-state index contributed by atoms with van der Waals surface area (Å²) >= 11 is 1.56. The van der Waals surface area contributed by atoms with Crippen LogP contribution in [0.3, 0.4) is 0 Å². The van der Waals surface area contributed by atoms with Crippen LogP contribution < -0.4 is 5.73 Å². The zero-order valence-electron chi connectivity index (χ0n) is 13.1. The Bertz CT molecular complexity index is 855. The van der Waals surface area contributed by atoms with E-state index in [1.807, 2.05) is 13.0 Å². The molecule has 7 heteroatoms. The van der Waals surface area contributed by atoms with Gasteiger partial charge in [0.05, 0.1) is 10.4 Å². The van der Waals surface area contributed by atoms with Crippen molar-refractivity contribution < 1.29 is 8.91 Å². The van der Waals surface area contributed by atoms with Gasteiger partial charge in [-0.3, -0.25) is 0 Å². The Labute approximate surface area is 149 Å². The van der Waals surface area contributed by atoms with Crippen LogP contribution in [0.15, 0.2) is 34.9 Å². The minimum atomic E-state index is -0.423. The molecule has 24 heavy (non-hydrogen) atoms. The van der Waals surface area contributed by atoms with Crippen molar-refractivity contribution in [3.63, 3.8) is 0 Å². The monoisotopic (exact) mass is 365 g/mol. The molecule has 0 unspecified atom stereocenters. The number of hydrogen-bond acceptors (Lipinski definition) is 5. The zero-order chi connectivity index (χ0) is 16.0. The number of hydrogen-bond donors (Lipinski definition) is 1. The third-order valence-electron chi connectivity index (χ3n) is 4.35. The summed E-state index contributed by atoms with van der Waals surface area (Å²) in [6.07, 6.45) is 2.90. The van der Waals surface area contributed by atoms with Crippen molar-refractivity contribution in [2.24, 2.45) is 5.73 Å². The molecule has 2 N–H and O–H groups in total. The topological polar surface area (TPSA) is 64.9 Å². The summed E-state index contributed by atoms with van der Waals surface area (Å²) in [6, 6.07) is 8.51. The van der Waals surface area contributed by atoms with Crippen molar-refractivity contribution in [3.8, 4) is 21.2 Å². The molecule has 0 radical (unpaired) electrons. The lowest BCUT2D eigenvalue weighted by Gasteiger charge is -2.34. The van der Waals surface area contributed by atoms with Crippen molar-refractivity contribution in [3.05, 3.63) is 47.5 Å². The molecule has 0 saturated heterocycles. The first-order chi connectivity index (χ1) is 11.0. The molecule has 4 rings (SSSR count). The molecule has 1 aliphatic rings. The first kappa shape index (κ1) is 17.1.